The summed E-state index contributed by atoms with van der Waals surface area (Å²) in [5.41, 5.74) is 0. The standard InChI is InChI=1S/C12H20O5/c1-6-5-8(14)10(15-7(2)13)11-9(6)16-12(3,4)17-11/h6,8-11,14H,5H2,1-4H3/t6-,8+,9-,10-,11-/m1/s1. The third-order valence-electron chi connectivity index (χ3n) is 3.34. The maximum atomic E-state index is 11.1. The van der Waals surface area contributed by atoms with E-state index in [2.05, 4.69) is 0 Å². The minimum atomic E-state index is -0.688. The van der Waals surface area contributed by atoms with E-state index in [4.69, 9.17) is 14.2 Å². The zero-order valence-corrected chi connectivity index (χ0v) is 10.7. The van der Waals surface area contributed by atoms with Crippen molar-refractivity contribution < 1.29 is 24.1 Å². The normalized spacial score (nSPS) is 44.2. The van der Waals surface area contributed by atoms with Crippen molar-refractivity contribution in [1.82, 2.24) is 0 Å². The molecule has 0 spiro atoms. The van der Waals surface area contributed by atoms with Gasteiger partial charge in [-0.2, -0.15) is 0 Å². The molecule has 0 radical (unpaired) electrons. The largest absolute Gasteiger partial charge is 0.457 e. The molecule has 0 bridgehead atoms. The van der Waals surface area contributed by atoms with Crippen LogP contribution < -0.4 is 0 Å². The van der Waals surface area contributed by atoms with E-state index in [-0.39, 0.29) is 18.1 Å². The number of esters is 1. The maximum Gasteiger partial charge on any atom is 0.303 e. The number of aliphatic hydroxyl groups is 1. The van der Waals surface area contributed by atoms with Gasteiger partial charge in [-0.3, -0.25) is 4.79 Å². The highest BCUT2D eigenvalue weighted by atomic mass is 16.8. The van der Waals surface area contributed by atoms with Gasteiger partial charge in [0.05, 0.1) is 12.2 Å². The van der Waals surface area contributed by atoms with Gasteiger partial charge in [0.2, 0.25) is 0 Å². The molecule has 1 aliphatic heterocycles. The van der Waals surface area contributed by atoms with Crippen LogP contribution in [0.1, 0.15) is 34.1 Å². The van der Waals surface area contributed by atoms with E-state index in [0.29, 0.717) is 6.42 Å². The van der Waals surface area contributed by atoms with E-state index in [0.717, 1.165) is 0 Å². The van der Waals surface area contributed by atoms with Crippen molar-refractivity contribution in [3.05, 3.63) is 0 Å². The average molecular weight is 244 g/mol. The number of hydrogen-bond donors (Lipinski definition) is 1. The minimum Gasteiger partial charge on any atom is -0.457 e. The zero-order chi connectivity index (χ0) is 12.8. The van der Waals surface area contributed by atoms with Crippen molar-refractivity contribution in [3.63, 3.8) is 0 Å². The number of aliphatic hydroxyl groups excluding tert-OH is 1. The van der Waals surface area contributed by atoms with Crippen molar-refractivity contribution in [2.45, 2.75) is 64.3 Å². The van der Waals surface area contributed by atoms with Crippen molar-refractivity contribution in [1.29, 1.82) is 0 Å². The molecular weight excluding hydrogens is 224 g/mol. The fraction of sp³-hybridized carbons (Fsp3) is 0.917. The van der Waals surface area contributed by atoms with Crippen molar-refractivity contribution in [2.75, 3.05) is 0 Å². The molecule has 0 aromatic carbocycles. The number of ether oxygens (including phenoxy) is 3. The molecule has 17 heavy (non-hydrogen) atoms. The lowest BCUT2D eigenvalue weighted by Gasteiger charge is -2.38. The smallest absolute Gasteiger partial charge is 0.303 e. The first-order valence-electron chi connectivity index (χ1n) is 6.01. The Morgan fingerprint density at radius 2 is 1.94 bits per heavy atom. The number of rotatable bonds is 1. The molecule has 1 saturated carbocycles. The molecule has 5 atom stereocenters. The number of fused-ring (bicyclic) bond motifs is 1. The van der Waals surface area contributed by atoms with Gasteiger partial charge in [-0.1, -0.05) is 6.92 Å². The summed E-state index contributed by atoms with van der Waals surface area (Å²) in [6.45, 7) is 7.00. The first kappa shape index (κ1) is 12.8. The van der Waals surface area contributed by atoms with Crippen molar-refractivity contribution in [2.24, 2.45) is 5.92 Å². The highest BCUT2D eigenvalue weighted by Crippen LogP contribution is 2.40. The minimum absolute atomic E-state index is 0.127. The zero-order valence-electron chi connectivity index (χ0n) is 10.7. The van der Waals surface area contributed by atoms with Gasteiger partial charge in [-0.15, -0.1) is 0 Å². The lowest BCUT2D eigenvalue weighted by atomic mass is 9.82. The number of hydrogen-bond acceptors (Lipinski definition) is 5. The van der Waals surface area contributed by atoms with Crippen LogP contribution in [0.4, 0.5) is 0 Å². The van der Waals surface area contributed by atoms with Crippen molar-refractivity contribution in [3.8, 4) is 0 Å². The van der Waals surface area contributed by atoms with Crippen LogP contribution in [0, 0.1) is 5.92 Å². The maximum absolute atomic E-state index is 11.1. The Morgan fingerprint density at radius 1 is 1.35 bits per heavy atom. The molecule has 98 valence electrons. The summed E-state index contributed by atoms with van der Waals surface area (Å²) in [7, 11) is 0. The van der Waals surface area contributed by atoms with Gasteiger partial charge in [0.15, 0.2) is 11.9 Å². The molecule has 0 aromatic rings. The molecule has 2 rings (SSSR count). The van der Waals surface area contributed by atoms with Gasteiger partial charge in [0.25, 0.3) is 0 Å². The third-order valence-corrected chi connectivity index (χ3v) is 3.34. The molecule has 1 heterocycles. The van der Waals surface area contributed by atoms with Crippen LogP contribution in [0.2, 0.25) is 0 Å². The summed E-state index contributed by atoms with van der Waals surface area (Å²) in [5, 5.41) is 9.99. The fourth-order valence-corrected chi connectivity index (χ4v) is 2.72. The number of carbonyl (C=O) groups excluding carboxylic acids is 1. The van der Waals surface area contributed by atoms with E-state index in [1.54, 1.807) is 0 Å². The molecule has 5 nitrogen and oxygen atoms in total. The Hall–Kier alpha value is -0.650. The molecule has 0 aromatic heterocycles. The van der Waals surface area contributed by atoms with Gasteiger partial charge >= 0.3 is 5.97 Å². The van der Waals surface area contributed by atoms with Gasteiger partial charge in [0.1, 0.15) is 6.10 Å². The summed E-state index contributed by atoms with van der Waals surface area (Å²) in [6, 6.07) is 0. The molecule has 0 unspecified atom stereocenters. The molecule has 5 heteroatoms. The molecule has 1 aliphatic carbocycles. The molecule has 0 amide bonds. The van der Waals surface area contributed by atoms with Gasteiger partial charge < -0.3 is 19.3 Å². The third kappa shape index (κ3) is 2.46. The fourth-order valence-electron chi connectivity index (χ4n) is 2.72. The van der Waals surface area contributed by atoms with E-state index in [1.807, 2.05) is 20.8 Å². The van der Waals surface area contributed by atoms with Crippen LogP contribution in [0.5, 0.6) is 0 Å². The second kappa shape index (κ2) is 4.23. The highest BCUT2D eigenvalue weighted by Gasteiger charge is 2.54. The van der Waals surface area contributed by atoms with Gasteiger partial charge in [-0.25, -0.2) is 0 Å². The highest BCUT2D eigenvalue weighted by molar-refractivity contribution is 5.66. The lowest BCUT2D eigenvalue weighted by molar-refractivity contribution is -0.181. The monoisotopic (exact) mass is 244 g/mol. The first-order chi connectivity index (χ1) is 7.80. The summed E-state index contributed by atoms with van der Waals surface area (Å²) in [5.74, 6) is -0.911. The van der Waals surface area contributed by atoms with E-state index in [9.17, 15) is 9.90 Å². The summed E-state index contributed by atoms with van der Waals surface area (Å²) in [4.78, 5) is 11.1. The SMILES string of the molecule is CC(=O)O[C@H]1[C@@H]2OC(C)(C)O[C@@H]2[C@H](C)C[C@@H]1O. The summed E-state index contributed by atoms with van der Waals surface area (Å²) >= 11 is 0. The Balaban J connectivity index is 2.19. The second-order valence-electron chi connectivity index (χ2n) is 5.42. The van der Waals surface area contributed by atoms with Gasteiger partial charge in [0, 0.05) is 6.92 Å². The van der Waals surface area contributed by atoms with Crippen LogP contribution in [0.25, 0.3) is 0 Å². The predicted octanol–water partition coefficient (Wildman–Crippen LogP) is 0.839. The lowest BCUT2D eigenvalue weighted by Crippen LogP contribution is -2.53. The molecule has 2 fully saturated rings. The summed E-state index contributed by atoms with van der Waals surface area (Å²) < 4.78 is 16.7. The average Bonchev–Trinajstić information content (AvgIpc) is 2.49. The number of carbonyl (C=O) groups is 1. The Morgan fingerprint density at radius 3 is 2.53 bits per heavy atom. The molecule has 2 aliphatic rings. The molecule has 1 saturated heterocycles. The van der Waals surface area contributed by atoms with Crippen LogP contribution in [0.3, 0.4) is 0 Å². The summed E-state index contributed by atoms with van der Waals surface area (Å²) in [6.07, 6.45) is -1.27. The van der Waals surface area contributed by atoms with Gasteiger partial charge in [-0.05, 0) is 26.2 Å². The Bertz CT molecular complexity index is 314. The van der Waals surface area contributed by atoms with Crippen molar-refractivity contribution >= 4 is 5.97 Å². The van der Waals surface area contributed by atoms with E-state index < -0.39 is 24.0 Å². The molecular formula is C12H20O5. The molecule has 1 N–H and O–H groups in total. The van der Waals surface area contributed by atoms with E-state index >= 15 is 0 Å². The second-order valence-corrected chi connectivity index (χ2v) is 5.42. The predicted molar refractivity (Wildman–Crippen MR) is 59.2 cm³/mol. The Kier molecular flexibility index (Phi) is 3.18. The van der Waals surface area contributed by atoms with Crippen LogP contribution in [-0.2, 0) is 19.0 Å². The van der Waals surface area contributed by atoms with Crippen LogP contribution >= 0.6 is 0 Å². The quantitative estimate of drug-likeness (QED) is 0.692. The topological polar surface area (TPSA) is 65.0 Å². The van der Waals surface area contributed by atoms with Crippen LogP contribution in [0.15, 0.2) is 0 Å². The first-order valence-corrected chi connectivity index (χ1v) is 6.01. The van der Waals surface area contributed by atoms with E-state index in [1.165, 1.54) is 6.92 Å². The van der Waals surface area contributed by atoms with Crippen LogP contribution in [-0.4, -0.2) is 41.3 Å². The Labute approximate surface area is 101 Å².